The molecule has 0 aliphatic carbocycles. The first-order chi connectivity index (χ1) is 8.72. The minimum atomic E-state index is 0.315. The van der Waals surface area contributed by atoms with E-state index >= 15 is 0 Å². The van der Waals surface area contributed by atoms with Crippen molar-refractivity contribution in [3.63, 3.8) is 0 Å². The third-order valence-corrected chi connectivity index (χ3v) is 2.72. The lowest BCUT2D eigenvalue weighted by molar-refractivity contribution is 0.416. The predicted octanol–water partition coefficient (Wildman–Crippen LogP) is 2.09. The first-order valence-corrected chi connectivity index (χ1v) is 6.15. The molecule has 1 aromatic carbocycles. The number of hydrogen-bond acceptors (Lipinski definition) is 6. The summed E-state index contributed by atoms with van der Waals surface area (Å²) in [6.45, 7) is 0.474. The van der Waals surface area contributed by atoms with Crippen molar-refractivity contribution in [1.29, 1.82) is 0 Å². The van der Waals surface area contributed by atoms with Crippen molar-refractivity contribution in [2.45, 2.75) is 6.42 Å². The van der Waals surface area contributed by atoms with Crippen molar-refractivity contribution in [3.05, 3.63) is 28.6 Å². The molecular formula is C11H13BrN4O2. The summed E-state index contributed by atoms with van der Waals surface area (Å²) in [6.07, 6.45) is 0.560. The first-order valence-electron chi connectivity index (χ1n) is 5.36. The Morgan fingerprint density at radius 1 is 1.44 bits per heavy atom. The van der Waals surface area contributed by atoms with Crippen LogP contribution >= 0.6 is 15.9 Å². The van der Waals surface area contributed by atoms with Crippen molar-refractivity contribution in [3.8, 4) is 5.75 Å². The molecular weight excluding hydrogens is 300 g/mol. The van der Waals surface area contributed by atoms with Gasteiger partial charge in [0.25, 0.3) is 0 Å². The molecule has 96 valence electrons. The number of rotatable bonds is 5. The Labute approximate surface area is 113 Å². The van der Waals surface area contributed by atoms with E-state index in [4.69, 9.17) is 14.9 Å². The molecule has 1 heterocycles. The number of methoxy groups -OCH3 is 1. The topological polar surface area (TPSA) is 86.2 Å². The van der Waals surface area contributed by atoms with Crippen LogP contribution in [0.4, 0.5) is 11.7 Å². The van der Waals surface area contributed by atoms with Gasteiger partial charge in [-0.2, -0.15) is 0 Å². The van der Waals surface area contributed by atoms with Gasteiger partial charge in [-0.3, -0.25) is 0 Å². The van der Waals surface area contributed by atoms with Gasteiger partial charge in [0, 0.05) is 17.4 Å². The number of nitrogens with two attached hydrogens (primary N) is 1. The fourth-order valence-corrected chi connectivity index (χ4v) is 1.78. The van der Waals surface area contributed by atoms with E-state index in [-0.39, 0.29) is 0 Å². The average Bonchev–Trinajstić information content (AvgIpc) is 2.77. The number of anilines is 2. The molecule has 0 aliphatic heterocycles. The Morgan fingerprint density at radius 3 is 3.00 bits per heavy atom. The van der Waals surface area contributed by atoms with Crippen molar-refractivity contribution in [2.24, 2.45) is 5.73 Å². The number of nitrogens with one attached hydrogen (secondary N) is 1. The normalized spacial score (nSPS) is 10.4. The lowest BCUT2D eigenvalue weighted by Gasteiger charge is -2.08. The zero-order chi connectivity index (χ0) is 13.0. The number of benzene rings is 1. The highest BCUT2D eigenvalue weighted by Crippen LogP contribution is 2.30. The van der Waals surface area contributed by atoms with Gasteiger partial charge in [0.2, 0.25) is 5.89 Å². The molecule has 0 spiro atoms. The maximum absolute atomic E-state index is 5.41. The van der Waals surface area contributed by atoms with Crippen LogP contribution in [0.15, 0.2) is 27.1 Å². The van der Waals surface area contributed by atoms with Gasteiger partial charge >= 0.3 is 6.01 Å². The first kappa shape index (κ1) is 12.8. The molecule has 2 rings (SSSR count). The zero-order valence-electron chi connectivity index (χ0n) is 9.81. The van der Waals surface area contributed by atoms with Crippen LogP contribution in [0.2, 0.25) is 0 Å². The number of aromatic nitrogens is 2. The van der Waals surface area contributed by atoms with Gasteiger partial charge < -0.3 is 20.2 Å². The van der Waals surface area contributed by atoms with E-state index in [1.54, 1.807) is 7.11 Å². The molecule has 2 aromatic rings. The van der Waals surface area contributed by atoms with E-state index in [1.165, 1.54) is 0 Å². The molecule has 0 radical (unpaired) electrons. The summed E-state index contributed by atoms with van der Waals surface area (Å²) in [5.74, 6) is 1.20. The summed E-state index contributed by atoms with van der Waals surface area (Å²) in [4.78, 5) is 0. The Morgan fingerprint density at radius 2 is 2.28 bits per heavy atom. The molecule has 0 atom stereocenters. The van der Waals surface area contributed by atoms with Crippen LogP contribution in [0.1, 0.15) is 5.89 Å². The number of hydrogen-bond donors (Lipinski definition) is 2. The SMILES string of the molecule is COc1ccc(Br)cc1Nc1nnc(CCN)o1. The van der Waals surface area contributed by atoms with E-state index < -0.39 is 0 Å². The lowest BCUT2D eigenvalue weighted by atomic mass is 10.3. The summed E-state index contributed by atoms with van der Waals surface area (Å²) in [7, 11) is 1.60. The van der Waals surface area contributed by atoms with Crippen LogP contribution in [0.3, 0.4) is 0 Å². The van der Waals surface area contributed by atoms with E-state index in [9.17, 15) is 0 Å². The molecule has 0 saturated heterocycles. The van der Waals surface area contributed by atoms with Crippen molar-refractivity contribution in [1.82, 2.24) is 10.2 Å². The smallest absolute Gasteiger partial charge is 0.320 e. The molecule has 1 aromatic heterocycles. The molecule has 0 bridgehead atoms. The zero-order valence-corrected chi connectivity index (χ0v) is 11.4. The minimum absolute atomic E-state index is 0.315. The third kappa shape index (κ3) is 2.99. The molecule has 0 amide bonds. The molecule has 6 nitrogen and oxygen atoms in total. The van der Waals surface area contributed by atoms with Gasteiger partial charge in [-0.1, -0.05) is 21.0 Å². The second-order valence-corrected chi connectivity index (χ2v) is 4.42. The molecule has 0 saturated carbocycles. The minimum Gasteiger partial charge on any atom is -0.495 e. The van der Waals surface area contributed by atoms with E-state index in [0.717, 1.165) is 10.2 Å². The predicted molar refractivity (Wildman–Crippen MR) is 71.0 cm³/mol. The molecule has 0 aliphatic rings. The van der Waals surface area contributed by atoms with E-state index in [0.29, 0.717) is 30.6 Å². The Bertz CT molecular complexity index is 530. The van der Waals surface area contributed by atoms with Crippen LogP contribution in [-0.4, -0.2) is 23.9 Å². The summed E-state index contributed by atoms with van der Waals surface area (Å²) < 4.78 is 11.5. The van der Waals surface area contributed by atoms with Gasteiger partial charge in [0.1, 0.15) is 5.75 Å². The molecule has 0 fully saturated rings. The quantitative estimate of drug-likeness (QED) is 0.879. The van der Waals surface area contributed by atoms with Crippen LogP contribution < -0.4 is 15.8 Å². The highest BCUT2D eigenvalue weighted by Gasteiger charge is 2.09. The third-order valence-electron chi connectivity index (χ3n) is 2.23. The average molecular weight is 313 g/mol. The summed E-state index contributed by atoms with van der Waals surface area (Å²) in [5.41, 5.74) is 6.16. The van der Waals surface area contributed by atoms with Crippen LogP contribution in [0.25, 0.3) is 0 Å². The summed E-state index contributed by atoms with van der Waals surface area (Å²) >= 11 is 3.39. The monoisotopic (exact) mass is 312 g/mol. The maximum Gasteiger partial charge on any atom is 0.320 e. The number of ether oxygens (including phenoxy) is 1. The Balaban J connectivity index is 2.19. The standard InChI is InChI=1S/C11H13BrN4O2/c1-17-9-3-2-7(12)6-8(9)14-11-16-15-10(18-11)4-5-13/h2-3,6H,4-5,13H2,1H3,(H,14,16). The summed E-state index contributed by atoms with van der Waals surface area (Å²) in [6, 6.07) is 5.90. The van der Waals surface area contributed by atoms with Gasteiger partial charge in [-0.15, -0.1) is 5.10 Å². The van der Waals surface area contributed by atoms with Gasteiger partial charge in [0.15, 0.2) is 0 Å². The van der Waals surface area contributed by atoms with E-state index in [1.807, 2.05) is 18.2 Å². The molecule has 18 heavy (non-hydrogen) atoms. The Kier molecular flexibility index (Phi) is 4.16. The fraction of sp³-hybridized carbons (Fsp3) is 0.273. The van der Waals surface area contributed by atoms with Crippen molar-refractivity contribution in [2.75, 3.05) is 19.0 Å². The largest absolute Gasteiger partial charge is 0.495 e. The van der Waals surface area contributed by atoms with Crippen molar-refractivity contribution >= 4 is 27.6 Å². The van der Waals surface area contributed by atoms with Crippen molar-refractivity contribution < 1.29 is 9.15 Å². The highest BCUT2D eigenvalue weighted by molar-refractivity contribution is 9.10. The Hall–Kier alpha value is -1.60. The number of nitrogens with zero attached hydrogens (tertiary/aromatic N) is 2. The molecule has 0 unspecified atom stereocenters. The van der Waals surface area contributed by atoms with Crippen LogP contribution in [0.5, 0.6) is 5.75 Å². The van der Waals surface area contributed by atoms with Gasteiger partial charge in [0.05, 0.1) is 12.8 Å². The van der Waals surface area contributed by atoms with Crippen LogP contribution in [-0.2, 0) is 6.42 Å². The molecule has 3 N–H and O–H groups in total. The lowest BCUT2D eigenvalue weighted by Crippen LogP contribution is -2.02. The summed E-state index contributed by atoms with van der Waals surface area (Å²) in [5, 5.41) is 10.8. The second kappa shape index (κ2) is 5.83. The van der Waals surface area contributed by atoms with Crippen LogP contribution in [0, 0.1) is 0 Å². The maximum atomic E-state index is 5.41. The second-order valence-electron chi connectivity index (χ2n) is 3.51. The van der Waals surface area contributed by atoms with Gasteiger partial charge in [-0.05, 0) is 18.2 Å². The number of halogens is 1. The van der Waals surface area contributed by atoms with Gasteiger partial charge in [-0.25, -0.2) is 0 Å². The fourth-order valence-electron chi connectivity index (χ4n) is 1.42. The highest BCUT2D eigenvalue weighted by atomic mass is 79.9. The van der Waals surface area contributed by atoms with E-state index in [2.05, 4.69) is 31.4 Å². The molecule has 7 heteroatoms.